The molecule has 2 aromatic rings. The highest BCUT2D eigenvalue weighted by Crippen LogP contribution is 2.36. The maximum atomic E-state index is 11.9. The predicted molar refractivity (Wildman–Crippen MR) is 77.1 cm³/mol. The molecular weight excluding hydrogens is 292 g/mol. The van der Waals surface area contributed by atoms with Gasteiger partial charge in [-0.15, -0.1) is 0 Å². The van der Waals surface area contributed by atoms with Crippen molar-refractivity contribution in [3.05, 3.63) is 24.2 Å². The molecule has 0 aliphatic carbocycles. The summed E-state index contributed by atoms with van der Waals surface area (Å²) in [7, 11) is -3.36. The van der Waals surface area contributed by atoms with E-state index in [1.54, 1.807) is 6.20 Å². The number of hydrogen-bond acceptors (Lipinski definition) is 4. The molecule has 112 valence electrons. The summed E-state index contributed by atoms with van der Waals surface area (Å²) in [5, 5.41) is 9.67. The molecule has 0 spiro atoms. The summed E-state index contributed by atoms with van der Waals surface area (Å²) in [6.07, 6.45) is 5.93. The lowest BCUT2D eigenvalue weighted by Gasteiger charge is -2.23. The van der Waals surface area contributed by atoms with Gasteiger partial charge in [-0.1, -0.05) is 0 Å². The van der Waals surface area contributed by atoms with Crippen LogP contribution in [0.4, 0.5) is 0 Å². The Hall–Kier alpha value is -1.89. The molecule has 1 unspecified atom stereocenters. The van der Waals surface area contributed by atoms with Crippen LogP contribution in [0.3, 0.4) is 0 Å². The summed E-state index contributed by atoms with van der Waals surface area (Å²) in [5.74, 6) is -0.906. The monoisotopic (exact) mass is 308 g/mol. The number of aliphatic carboxylic acids is 1. The van der Waals surface area contributed by atoms with Gasteiger partial charge in [0.15, 0.2) is 9.84 Å². The molecule has 0 saturated carbocycles. The van der Waals surface area contributed by atoms with E-state index in [4.69, 9.17) is 5.11 Å². The van der Waals surface area contributed by atoms with Crippen LogP contribution in [0.15, 0.2) is 23.4 Å². The zero-order valence-corrected chi connectivity index (χ0v) is 12.4. The average Bonchev–Trinajstić information content (AvgIpc) is 2.76. The molecule has 0 radical (unpaired) electrons. The lowest BCUT2D eigenvalue weighted by atomic mass is 9.93. The van der Waals surface area contributed by atoms with Gasteiger partial charge in [0.1, 0.15) is 0 Å². The molecule has 6 nitrogen and oxygen atoms in total. The van der Waals surface area contributed by atoms with Gasteiger partial charge in [-0.2, -0.15) is 0 Å². The van der Waals surface area contributed by atoms with Crippen LogP contribution < -0.4 is 0 Å². The predicted octanol–water partition coefficient (Wildman–Crippen LogP) is 1.79. The molecule has 3 rings (SSSR count). The van der Waals surface area contributed by atoms with Gasteiger partial charge in [0.25, 0.3) is 0 Å². The SMILES string of the molecule is CS(=O)(=O)c1cncc2c1cc1n2CCCC1CC(=O)O. The minimum Gasteiger partial charge on any atom is -0.481 e. The van der Waals surface area contributed by atoms with E-state index < -0.39 is 15.8 Å². The van der Waals surface area contributed by atoms with Crippen LogP contribution >= 0.6 is 0 Å². The van der Waals surface area contributed by atoms with Crippen molar-refractivity contribution < 1.29 is 18.3 Å². The number of carbonyl (C=O) groups is 1. The number of carboxylic acid groups (broad SMARTS) is 1. The van der Waals surface area contributed by atoms with E-state index in [1.165, 1.54) is 6.20 Å². The third-order valence-corrected chi connectivity index (χ3v) is 5.12. The summed E-state index contributed by atoms with van der Waals surface area (Å²) >= 11 is 0. The van der Waals surface area contributed by atoms with Crippen LogP contribution in [0, 0.1) is 0 Å². The molecular formula is C14H16N2O4S. The van der Waals surface area contributed by atoms with Crippen LogP contribution in [0.25, 0.3) is 10.9 Å². The maximum absolute atomic E-state index is 11.9. The topological polar surface area (TPSA) is 89.3 Å². The highest BCUT2D eigenvalue weighted by molar-refractivity contribution is 7.91. The number of carboxylic acids is 1. The largest absolute Gasteiger partial charge is 0.481 e. The van der Waals surface area contributed by atoms with Gasteiger partial charge in [0.2, 0.25) is 0 Å². The van der Waals surface area contributed by atoms with Crippen molar-refractivity contribution in [2.75, 3.05) is 6.26 Å². The average molecular weight is 308 g/mol. The Balaban J connectivity index is 2.23. The molecule has 21 heavy (non-hydrogen) atoms. The van der Waals surface area contributed by atoms with Gasteiger partial charge in [0.05, 0.1) is 23.0 Å². The fraction of sp³-hybridized carbons (Fsp3) is 0.429. The molecule has 7 heteroatoms. The van der Waals surface area contributed by atoms with E-state index in [0.717, 1.165) is 36.9 Å². The van der Waals surface area contributed by atoms with E-state index >= 15 is 0 Å². The molecule has 1 N–H and O–H groups in total. The van der Waals surface area contributed by atoms with Crippen molar-refractivity contribution in [2.45, 2.75) is 36.6 Å². The number of aromatic nitrogens is 2. The molecule has 3 heterocycles. The van der Waals surface area contributed by atoms with Gasteiger partial charge in [-0.25, -0.2) is 8.42 Å². The number of sulfone groups is 1. The van der Waals surface area contributed by atoms with Gasteiger partial charge in [0, 0.05) is 36.0 Å². The fourth-order valence-corrected chi connectivity index (χ4v) is 3.93. The van der Waals surface area contributed by atoms with Crippen LogP contribution in [0.5, 0.6) is 0 Å². The van der Waals surface area contributed by atoms with Crippen LogP contribution in [-0.2, 0) is 21.2 Å². The van der Waals surface area contributed by atoms with Gasteiger partial charge >= 0.3 is 5.97 Å². The highest BCUT2D eigenvalue weighted by Gasteiger charge is 2.26. The zero-order chi connectivity index (χ0) is 15.2. The Morgan fingerprint density at radius 2 is 2.24 bits per heavy atom. The molecule has 0 saturated heterocycles. The van der Waals surface area contributed by atoms with Gasteiger partial charge in [-0.05, 0) is 18.9 Å². The maximum Gasteiger partial charge on any atom is 0.304 e. The number of pyridine rings is 1. The Morgan fingerprint density at radius 1 is 1.48 bits per heavy atom. The van der Waals surface area contributed by atoms with Crippen molar-refractivity contribution in [1.29, 1.82) is 0 Å². The number of aryl methyl sites for hydroxylation is 1. The lowest BCUT2D eigenvalue weighted by Crippen LogP contribution is -2.17. The first-order chi connectivity index (χ1) is 9.88. The van der Waals surface area contributed by atoms with Crippen LogP contribution in [-0.4, -0.2) is 35.3 Å². The molecule has 0 aromatic carbocycles. The van der Waals surface area contributed by atoms with Crippen LogP contribution in [0.1, 0.15) is 30.9 Å². The van der Waals surface area contributed by atoms with Gasteiger partial charge in [-0.3, -0.25) is 9.78 Å². The molecule has 0 bridgehead atoms. The molecule has 0 amide bonds. The van der Waals surface area contributed by atoms with Crippen molar-refractivity contribution >= 4 is 26.7 Å². The van der Waals surface area contributed by atoms with E-state index in [1.807, 2.05) is 10.6 Å². The summed E-state index contributed by atoms with van der Waals surface area (Å²) in [5.41, 5.74) is 1.67. The normalized spacial score (nSPS) is 18.6. The zero-order valence-electron chi connectivity index (χ0n) is 11.6. The lowest BCUT2D eigenvalue weighted by molar-refractivity contribution is -0.137. The Bertz CT molecular complexity index is 823. The quantitative estimate of drug-likeness (QED) is 0.933. The Kier molecular flexibility index (Phi) is 3.24. The van der Waals surface area contributed by atoms with Crippen molar-refractivity contribution in [2.24, 2.45) is 0 Å². The molecule has 0 fully saturated rings. The standard InChI is InChI=1S/C14H16N2O4S/c1-21(19,20)13-8-15-7-12-10(13)6-11-9(5-14(17)18)3-2-4-16(11)12/h6-9H,2-5H2,1H3,(H,17,18). The van der Waals surface area contributed by atoms with E-state index in [2.05, 4.69) is 4.98 Å². The first kappa shape index (κ1) is 14.1. The van der Waals surface area contributed by atoms with Crippen molar-refractivity contribution in [3.8, 4) is 0 Å². The van der Waals surface area contributed by atoms with Gasteiger partial charge < -0.3 is 9.67 Å². The minimum atomic E-state index is -3.36. The van der Waals surface area contributed by atoms with Crippen LogP contribution in [0.2, 0.25) is 0 Å². The highest BCUT2D eigenvalue weighted by atomic mass is 32.2. The number of nitrogens with zero attached hydrogens (tertiary/aromatic N) is 2. The molecule has 1 aliphatic heterocycles. The van der Waals surface area contributed by atoms with E-state index in [0.29, 0.717) is 5.39 Å². The second kappa shape index (κ2) is 4.84. The number of rotatable bonds is 3. The second-order valence-electron chi connectivity index (χ2n) is 5.50. The second-order valence-corrected chi connectivity index (χ2v) is 7.48. The summed E-state index contributed by atoms with van der Waals surface area (Å²) in [6.45, 7) is 0.768. The molecule has 1 aliphatic rings. The molecule has 2 aromatic heterocycles. The van der Waals surface area contributed by atoms with Crippen molar-refractivity contribution in [1.82, 2.24) is 9.55 Å². The third kappa shape index (κ3) is 2.42. The fourth-order valence-electron chi connectivity index (χ4n) is 3.11. The Morgan fingerprint density at radius 3 is 2.90 bits per heavy atom. The molecule has 1 atom stereocenters. The summed E-state index contributed by atoms with van der Waals surface area (Å²) in [6, 6.07) is 1.82. The summed E-state index contributed by atoms with van der Waals surface area (Å²) in [4.78, 5) is 15.2. The smallest absolute Gasteiger partial charge is 0.304 e. The summed E-state index contributed by atoms with van der Waals surface area (Å²) < 4.78 is 25.8. The van der Waals surface area contributed by atoms with E-state index in [-0.39, 0.29) is 17.2 Å². The first-order valence-corrected chi connectivity index (χ1v) is 8.66. The minimum absolute atomic E-state index is 0.0674. The number of fused-ring (bicyclic) bond motifs is 3. The van der Waals surface area contributed by atoms with E-state index in [9.17, 15) is 13.2 Å². The third-order valence-electron chi connectivity index (χ3n) is 4.00. The Labute approximate surface area is 122 Å². The van der Waals surface area contributed by atoms with Crippen molar-refractivity contribution in [3.63, 3.8) is 0 Å². The first-order valence-electron chi connectivity index (χ1n) is 6.77. The number of hydrogen-bond donors (Lipinski definition) is 1.